The van der Waals surface area contributed by atoms with E-state index >= 15 is 0 Å². The second kappa shape index (κ2) is 8.27. The first-order chi connectivity index (χ1) is 11.7. The van der Waals surface area contributed by atoms with Crippen LogP contribution < -0.4 is 5.32 Å². The largest absolute Gasteiger partial charge is 0.351 e. The van der Waals surface area contributed by atoms with E-state index in [-0.39, 0.29) is 19.0 Å². The van der Waals surface area contributed by atoms with E-state index in [0.717, 1.165) is 28.5 Å². The summed E-state index contributed by atoms with van der Waals surface area (Å²) in [6.45, 7) is 4.30. The van der Waals surface area contributed by atoms with Gasteiger partial charge in [-0.15, -0.1) is 0 Å². The first kappa shape index (κ1) is 19.1. The highest BCUT2D eigenvalue weighted by Crippen LogP contribution is 2.10. The van der Waals surface area contributed by atoms with Gasteiger partial charge in [0.05, 0.1) is 12.8 Å². The minimum absolute atomic E-state index is 0.179. The van der Waals surface area contributed by atoms with Crippen LogP contribution in [0.3, 0.4) is 0 Å². The molecule has 6 heteroatoms. The van der Waals surface area contributed by atoms with Crippen molar-refractivity contribution in [2.75, 3.05) is 12.8 Å². The molecule has 2 aromatic carbocycles. The standard InChI is InChI=1S/C19H24N2O3S/c1-15-7-9-17(10-8-15)12-20-19(22)14-21(25(3,23)24)13-18-6-4-5-16(2)11-18/h4-11H,12-14H2,1-3H3,(H,20,22). The van der Waals surface area contributed by atoms with Crippen LogP contribution in [0.5, 0.6) is 0 Å². The van der Waals surface area contributed by atoms with Crippen LogP contribution in [0.4, 0.5) is 0 Å². The average Bonchev–Trinajstić information content (AvgIpc) is 2.53. The normalized spacial score (nSPS) is 11.5. The smallest absolute Gasteiger partial charge is 0.235 e. The maximum Gasteiger partial charge on any atom is 0.235 e. The Hall–Kier alpha value is -2.18. The third-order valence-corrected chi connectivity index (χ3v) is 5.04. The fraction of sp³-hybridized carbons (Fsp3) is 0.316. The monoisotopic (exact) mass is 360 g/mol. The van der Waals surface area contributed by atoms with Gasteiger partial charge in [0.1, 0.15) is 0 Å². The molecule has 2 rings (SSSR count). The van der Waals surface area contributed by atoms with Crippen molar-refractivity contribution in [3.8, 4) is 0 Å². The van der Waals surface area contributed by atoms with E-state index in [2.05, 4.69) is 5.32 Å². The predicted octanol–water partition coefficient (Wildman–Crippen LogP) is 2.38. The molecule has 2 aromatic rings. The van der Waals surface area contributed by atoms with Crippen molar-refractivity contribution in [2.24, 2.45) is 0 Å². The minimum Gasteiger partial charge on any atom is -0.351 e. The molecule has 1 N–H and O–H groups in total. The fourth-order valence-electron chi connectivity index (χ4n) is 2.43. The van der Waals surface area contributed by atoms with Crippen molar-refractivity contribution in [3.63, 3.8) is 0 Å². The number of hydrogen-bond donors (Lipinski definition) is 1. The third kappa shape index (κ3) is 6.32. The quantitative estimate of drug-likeness (QED) is 0.824. The van der Waals surface area contributed by atoms with Gasteiger partial charge >= 0.3 is 0 Å². The number of carbonyl (C=O) groups is 1. The van der Waals surface area contributed by atoms with Gasteiger partial charge in [0.2, 0.25) is 15.9 Å². The van der Waals surface area contributed by atoms with Gasteiger partial charge < -0.3 is 5.32 Å². The van der Waals surface area contributed by atoms with Crippen LogP contribution in [0.25, 0.3) is 0 Å². The Kier molecular flexibility index (Phi) is 6.33. The van der Waals surface area contributed by atoms with Crippen molar-refractivity contribution >= 4 is 15.9 Å². The second-order valence-corrected chi connectivity index (χ2v) is 8.26. The van der Waals surface area contributed by atoms with E-state index in [9.17, 15) is 13.2 Å². The summed E-state index contributed by atoms with van der Waals surface area (Å²) in [5, 5.41) is 2.77. The fourth-order valence-corrected chi connectivity index (χ4v) is 3.16. The van der Waals surface area contributed by atoms with Crippen LogP contribution in [0, 0.1) is 13.8 Å². The molecule has 0 aliphatic heterocycles. The zero-order valence-electron chi connectivity index (χ0n) is 14.8. The molecule has 0 fully saturated rings. The van der Waals surface area contributed by atoms with Gasteiger partial charge in [0.15, 0.2) is 0 Å². The Bertz CT molecular complexity index is 830. The van der Waals surface area contributed by atoms with Gasteiger partial charge in [0.25, 0.3) is 0 Å². The zero-order valence-corrected chi connectivity index (χ0v) is 15.6. The highest BCUT2D eigenvalue weighted by molar-refractivity contribution is 7.88. The first-order valence-electron chi connectivity index (χ1n) is 8.07. The lowest BCUT2D eigenvalue weighted by Gasteiger charge is -2.20. The van der Waals surface area contributed by atoms with Crippen molar-refractivity contribution in [2.45, 2.75) is 26.9 Å². The van der Waals surface area contributed by atoms with Gasteiger partial charge in [0, 0.05) is 13.1 Å². The third-order valence-electron chi connectivity index (χ3n) is 3.84. The molecule has 0 heterocycles. The van der Waals surface area contributed by atoms with Crippen molar-refractivity contribution < 1.29 is 13.2 Å². The van der Waals surface area contributed by atoms with Crippen LogP contribution >= 0.6 is 0 Å². The molecule has 5 nitrogen and oxygen atoms in total. The lowest BCUT2D eigenvalue weighted by molar-refractivity contribution is -0.121. The summed E-state index contributed by atoms with van der Waals surface area (Å²) in [6, 6.07) is 15.4. The Morgan fingerprint density at radius 1 is 1.00 bits per heavy atom. The number of rotatable bonds is 7. The van der Waals surface area contributed by atoms with Crippen LogP contribution in [-0.4, -0.2) is 31.4 Å². The molecule has 134 valence electrons. The topological polar surface area (TPSA) is 66.5 Å². The summed E-state index contributed by atoms with van der Waals surface area (Å²) in [5.41, 5.74) is 4.03. The molecule has 0 aromatic heterocycles. The molecule has 0 aliphatic carbocycles. The molecule has 0 atom stereocenters. The summed E-state index contributed by atoms with van der Waals surface area (Å²) >= 11 is 0. The maximum absolute atomic E-state index is 12.2. The Labute approximate surface area is 149 Å². The van der Waals surface area contributed by atoms with E-state index in [1.54, 1.807) is 0 Å². The number of nitrogens with zero attached hydrogens (tertiary/aromatic N) is 1. The highest BCUT2D eigenvalue weighted by Gasteiger charge is 2.20. The van der Waals surface area contributed by atoms with Crippen LogP contribution in [0.1, 0.15) is 22.3 Å². The number of amides is 1. The number of nitrogens with one attached hydrogen (secondary N) is 1. The molecule has 0 spiro atoms. The van der Waals surface area contributed by atoms with E-state index in [0.29, 0.717) is 6.54 Å². The Balaban J connectivity index is 1.99. The van der Waals surface area contributed by atoms with Gasteiger partial charge in [-0.2, -0.15) is 4.31 Å². The molecule has 0 aliphatic rings. The Morgan fingerprint density at radius 2 is 1.68 bits per heavy atom. The number of hydrogen-bond acceptors (Lipinski definition) is 3. The Morgan fingerprint density at radius 3 is 2.28 bits per heavy atom. The second-order valence-electron chi connectivity index (χ2n) is 6.28. The lowest BCUT2D eigenvalue weighted by Crippen LogP contribution is -2.39. The molecular weight excluding hydrogens is 336 g/mol. The SMILES string of the molecule is Cc1ccc(CNC(=O)CN(Cc2cccc(C)c2)S(C)(=O)=O)cc1. The molecule has 25 heavy (non-hydrogen) atoms. The van der Waals surface area contributed by atoms with Crippen LogP contribution in [0.15, 0.2) is 48.5 Å². The zero-order chi connectivity index (χ0) is 18.4. The highest BCUT2D eigenvalue weighted by atomic mass is 32.2. The number of aryl methyl sites for hydroxylation is 2. The predicted molar refractivity (Wildman–Crippen MR) is 99.5 cm³/mol. The molecule has 1 amide bonds. The average molecular weight is 360 g/mol. The maximum atomic E-state index is 12.2. The van der Waals surface area contributed by atoms with Crippen molar-refractivity contribution in [3.05, 3.63) is 70.8 Å². The van der Waals surface area contributed by atoms with E-state index < -0.39 is 10.0 Å². The summed E-state index contributed by atoms with van der Waals surface area (Å²) < 4.78 is 25.2. The molecule has 0 radical (unpaired) electrons. The van der Waals surface area contributed by atoms with E-state index in [1.165, 1.54) is 4.31 Å². The van der Waals surface area contributed by atoms with Gasteiger partial charge in [-0.3, -0.25) is 4.79 Å². The van der Waals surface area contributed by atoms with Gasteiger partial charge in [-0.1, -0.05) is 59.7 Å². The molecule has 0 saturated heterocycles. The van der Waals surface area contributed by atoms with Crippen LogP contribution in [0.2, 0.25) is 0 Å². The molecule has 0 unspecified atom stereocenters. The van der Waals surface area contributed by atoms with Crippen LogP contribution in [-0.2, 0) is 27.9 Å². The van der Waals surface area contributed by atoms with Gasteiger partial charge in [-0.25, -0.2) is 8.42 Å². The first-order valence-corrected chi connectivity index (χ1v) is 9.92. The number of sulfonamides is 1. The van der Waals surface area contributed by atoms with Gasteiger partial charge in [-0.05, 0) is 25.0 Å². The molecule has 0 bridgehead atoms. The summed E-state index contributed by atoms with van der Waals surface area (Å²) in [5.74, 6) is -0.321. The molecule has 0 saturated carbocycles. The van der Waals surface area contributed by atoms with E-state index in [4.69, 9.17) is 0 Å². The summed E-state index contributed by atoms with van der Waals surface area (Å²) in [4.78, 5) is 12.2. The summed E-state index contributed by atoms with van der Waals surface area (Å²) in [7, 11) is -3.49. The summed E-state index contributed by atoms with van der Waals surface area (Å²) in [6.07, 6.45) is 1.12. The minimum atomic E-state index is -3.49. The van der Waals surface area contributed by atoms with E-state index in [1.807, 2.05) is 62.4 Å². The number of benzene rings is 2. The van der Waals surface area contributed by atoms with Crippen molar-refractivity contribution in [1.82, 2.24) is 9.62 Å². The lowest BCUT2D eigenvalue weighted by atomic mass is 10.1. The molecular formula is C19H24N2O3S. The number of carbonyl (C=O) groups excluding carboxylic acids is 1. The van der Waals surface area contributed by atoms with Crippen molar-refractivity contribution in [1.29, 1.82) is 0 Å².